The van der Waals surface area contributed by atoms with E-state index < -0.39 is 17.8 Å². The van der Waals surface area contributed by atoms with Crippen molar-refractivity contribution in [2.45, 2.75) is 19.6 Å². The fourth-order valence-electron chi connectivity index (χ4n) is 3.36. The zero-order chi connectivity index (χ0) is 25.7. The summed E-state index contributed by atoms with van der Waals surface area (Å²) in [6.07, 6.45) is 0.852. The van der Waals surface area contributed by atoms with E-state index in [0.717, 1.165) is 10.7 Å². The van der Waals surface area contributed by atoms with E-state index in [1.165, 1.54) is 53.6 Å². The van der Waals surface area contributed by atoms with Crippen LogP contribution in [0.1, 0.15) is 23.0 Å². The van der Waals surface area contributed by atoms with Crippen molar-refractivity contribution in [3.8, 4) is 16.9 Å². The van der Waals surface area contributed by atoms with Gasteiger partial charge in [-0.1, -0.05) is 0 Å². The minimum atomic E-state index is -4.66. The number of amides is 1. The maximum absolute atomic E-state index is 13.7. The molecule has 36 heavy (non-hydrogen) atoms. The maximum Gasteiger partial charge on any atom is 0.433 e. The lowest BCUT2D eigenvalue weighted by Gasteiger charge is -2.11. The molecule has 0 spiro atoms. The van der Waals surface area contributed by atoms with Crippen LogP contribution in [0.2, 0.25) is 0 Å². The Kier molecular flexibility index (Phi) is 7.25. The second-order valence-electron chi connectivity index (χ2n) is 7.57. The number of ether oxygens (including phenoxy) is 1. The van der Waals surface area contributed by atoms with Crippen molar-refractivity contribution in [1.82, 2.24) is 24.3 Å². The molecule has 4 heterocycles. The third-order valence-corrected chi connectivity index (χ3v) is 5.12. The average Bonchev–Trinajstić information content (AvgIpc) is 3.33. The number of pyridine rings is 3. The van der Waals surface area contributed by atoms with E-state index in [4.69, 9.17) is 4.74 Å². The van der Waals surface area contributed by atoms with Crippen molar-refractivity contribution in [3.63, 3.8) is 0 Å². The molecule has 0 fully saturated rings. The van der Waals surface area contributed by atoms with Gasteiger partial charge in [-0.05, 0) is 43.3 Å². The number of nitrogens with one attached hydrogen (secondary N) is 1. The largest absolute Gasteiger partial charge is 0.433 e. The molecular weight excluding hydrogens is 477 g/mol. The maximum atomic E-state index is 13.7. The molecule has 9 nitrogen and oxygen atoms in total. The smallest absolute Gasteiger partial charge is 0.380 e. The molecule has 4 aromatic heterocycles. The molecule has 0 saturated heterocycles. The van der Waals surface area contributed by atoms with Crippen LogP contribution in [-0.4, -0.2) is 43.4 Å². The van der Waals surface area contributed by atoms with Crippen LogP contribution in [0.3, 0.4) is 0 Å². The first kappa shape index (κ1) is 24.8. The highest BCUT2D eigenvalue weighted by atomic mass is 19.4. The molecule has 0 aromatic carbocycles. The van der Waals surface area contributed by atoms with Gasteiger partial charge < -0.3 is 14.6 Å². The van der Waals surface area contributed by atoms with Crippen molar-refractivity contribution in [3.05, 3.63) is 88.9 Å². The quantitative estimate of drug-likeness (QED) is 0.371. The van der Waals surface area contributed by atoms with Gasteiger partial charge in [0.25, 0.3) is 11.5 Å². The average molecular weight is 498 g/mol. The van der Waals surface area contributed by atoms with Crippen LogP contribution in [0.15, 0.2) is 72.0 Å². The third kappa shape index (κ3) is 5.66. The van der Waals surface area contributed by atoms with Crippen molar-refractivity contribution < 1.29 is 22.7 Å². The van der Waals surface area contributed by atoms with E-state index in [-0.39, 0.29) is 34.9 Å². The van der Waals surface area contributed by atoms with Gasteiger partial charge in [-0.15, -0.1) is 0 Å². The normalized spacial score (nSPS) is 11.4. The van der Waals surface area contributed by atoms with Crippen LogP contribution in [0.4, 0.5) is 19.0 Å². The molecule has 12 heteroatoms. The van der Waals surface area contributed by atoms with E-state index in [1.807, 2.05) is 6.92 Å². The van der Waals surface area contributed by atoms with Gasteiger partial charge in [-0.3, -0.25) is 14.6 Å². The van der Waals surface area contributed by atoms with Crippen molar-refractivity contribution in [2.24, 2.45) is 0 Å². The van der Waals surface area contributed by atoms with Crippen LogP contribution in [0.5, 0.6) is 0 Å². The lowest BCUT2D eigenvalue weighted by molar-refractivity contribution is -0.142. The molecule has 0 aliphatic heterocycles. The SMILES string of the molecule is CCOCCn1cc(C(=O)Nc2ccc(-n3nc(-c4cccnc4)cc3C(F)(F)F)cn2)ccc1=O. The van der Waals surface area contributed by atoms with Crippen molar-refractivity contribution in [2.75, 3.05) is 18.5 Å². The summed E-state index contributed by atoms with van der Waals surface area (Å²) in [5.74, 6) is -0.418. The highest BCUT2D eigenvalue weighted by Gasteiger charge is 2.36. The Bertz CT molecular complexity index is 1400. The monoisotopic (exact) mass is 498 g/mol. The molecule has 4 aromatic rings. The molecule has 0 aliphatic carbocycles. The second-order valence-corrected chi connectivity index (χ2v) is 7.57. The van der Waals surface area contributed by atoms with Gasteiger partial charge >= 0.3 is 6.18 Å². The van der Waals surface area contributed by atoms with E-state index in [1.54, 1.807) is 12.1 Å². The van der Waals surface area contributed by atoms with E-state index in [9.17, 15) is 22.8 Å². The molecule has 4 rings (SSSR count). The predicted molar refractivity (Wildman–Crippen MR) is 125 cm³/mol. The first-order valence-electron chi connectivity index (χ1n) is 10.9. The molecular formula is C24H21F3N6O3. The Morgan fingerprint density at radius 2 is 1.97 bits per heavy atom. The first-order valence-corrected chi connectivity index (χ1v) is 10.9. The number of halogens is 3. The van der Waals surface area contributed by atoms with Crippen LogP contribution in [0.25, 0.3) is 16.9 Å². The van der Waals surface area contributed by atoms with Crippen LogP contribution in [-0.2, 0) is 17.5 Å². The molecule has 1 N–H and O–H groups in total. The van der Waals surface area contributed by atoms with Gasteiger partial charge in [0.1, 0.15) is 11.5 Å². The summed E-state index contributed by atoms with van der Waals surface area (Å²) in [4.78, 5) is 32.6. The number of hydrogen-bond donors (Lipinski definition) is 1. The Morgan fingerprint density at radius 1 is 1.14 bits per heavy atom. The van der Waals surface area contributed by atoms with Gasteiger partial charge in [0, 0.05) is 43.4 Å². The summed E-state index contributed by atoms with van der Waals surface area (Å²) < 4.78 is 48.4. The minimum absolute atomic E-state index is 0.0555. The Labute approximate surface area is 203 Å². The minimum Gasteiger partial charge on any atom is -0.380 e. The summed E-state index contributed by atoms with van der Waals surface area (Å²) in [7, 11) is 0. The highest BCUT2D eigenvalue weighted by molar-refractivity contribution is 6.03. The first-order chi connectivity index (χ1) is 17.3. The Morgan fingerprint density at radius 3 is 2.64 bits per heavy atom. The topological polar surface area (TPSA) is 104 Å². The Balaban J connectivity index is 1.55. The number of hydrogen-bond acceptors (Lipinski definition) is 6. The molecule has 0 atom stereocenters. The molecule has 0 bridgehead atoms. The zero-order valence-electron chi connectivity index (χ0n) is 19.1. The number of aromatic nitrogens is 5. The molecule has 0 unspecified atom stereocenters. The van der Waals surface area contributed by atoms with Crippen LogP contribution in [0, 0.1) is 0 Å². The van der Waals surface area contributed by atoms with Gasteiger partial charge in [-0.2, -0.15) is 18.3 Å². The second kappa shape index (κ2) is 10.5. The standard InChI is InChI=1S/C24H21F3N6O3/c1-2-36-11-10-32-15-17(5-8-22(32)34)23(35)30-21-7-6-18(14-29-21)33-20(24(25,26)27)12-19(31-33)16-4-3-9-28-13-16/h3-9,12-15H,2,10-11H2,1H3,(H,29,30,35). The molecule has 0 aliphatic rings. The summed E-state index contributed by atoms with van der Waals surface area (Å²) in [6, 6.07) is 9.52. The fraction of sp³-hybridized carbons (Fsp3) is 0.208. The van der Waals surface area contributed by atoms with Crippen molar-refractivity contribution >= 4 is 11.7 Å². The van der Waals surface area contributed by atoms with Gasteiger partial charge in [-0.25, -0.2) is 9.67 Å². The molecule has 0 saturated carbocycles. The highest BCUT2D eigenvalue weighted by Crippen LogP contribution is 2.33. The third-order valence-electron chi connectivity index (χ3n) is 5.12. The summed E-state index contributed by atoms with van der Waals surface area (Å²) in [5.41, 5.74) is -0.453. The zero-order valence-corrected chi connectivity index (χ0v) is 19.1. The molecule has 0 radical (unpaired) electrons. The Hall–Kier alpha value is -4.32. The lowest BCUT2D eigenvalue weighted by atomic mass is 10.2. The number of anilines is 1. The number of nitrogens with zero attached hydrogens (tertiary/aromatic N) is 5. The van der Waals surface area contributed by atoms with Crippen molar-refractivity contribution in [1.29, 1.82) is 0 Å². The fourth-order valence-corrected chi connectivity index (χ4v) is 3.36. The number of carbonyl (C=O) groups is 1. The van der Waals surface area contributed by atoms with E-state index >= 15 is 0 Å². The van der Waals surface area contributed by atoms with Gasteiger partial charge in [0.2, 0.25) is 0 Å². The van der Waals surface area contributed by atoms with E-state index in [0.29, 0.717) is 18.8 Å². The number of carbonyl (C=O) groups excluding carboxylic acids is 1. The molecule has 1 amide bonds. The van der Waals surface area contributed by atoms with Gasteiger partial charge in [0.15, 0.2) is 0 Å². The predicted octanol–water partition coefficient (Wildman–Crippen LogP) is 3.80. The summed E-state index contributed by atoms with van der Waals surface area (Å²) in [5, 5.41) is 6.66. The van der Waals surface area contributed by atoms with E-state index in [2.05, 4.69) is 20.4 Å². The number of rotatable bonds is 8. The summed E-state index contributed by atoms with van der Waals surface area (Å²) in [6.45, 7) is 2.94. The number of alkyl halides is 3. The van der Waals surface area contributed by atoms with Crippen LogP contribution >= 0.6 is 0 Å². The lowest BCUT2D eigenvalue weighted by Crippen LogP contribution is -2.24. The summed E-state index contributed by atoms with van der Waals surface area (Å²) >= 11 is 0. The molecule has 186 valence electrons. The van der Waals surface area contributed by atoms with Crippen LogP contribution < -0.4 is 10.9 Å². The van der Waals surface area contributed by atoms with Gasteiger partial charge in [0.05, 0.1) is 29.7 Å².